The summed E-state index contributed by atoms with van der Waals surface area (Å²) in [5.41, 5.74) is 1.79. The third-order valence-corrected chi connectivity index (χ3v) is 5.51. The van der Waals surface area contributed by atoms with Gasteiger partial charge in [0, 0.05) is 27.8 Å². The largest absolute Gasteiger partial charge is 0.392 e. The molecule has 2 aromatic heterocycles. The Labute approximate surface area is 136 Å². The summed E-state index contributed by atoms with van der Waals surface area (Å²) in [5.74, 6) is 0. The van der Waals surface area contributed by atoms with Crippen molar-refractivity contribution >= 4 is 37.0 Å². The second-order valence-corrected chi connectivity index (χ2v) is 7.68. The van der Waals surface area contributed by atoms with E-state index >= 15 is 0 Å². The molecule has 114 valence electrons. The molecule has 0 fully saturated rings. The fourth-order valence-corrected chi connectivity index (χ4v) is 3.93. The SMILES string of the molecule is Cc1ccc(S(=O)(=O)n2cc(CO)c3cc(Br)cnc32)cc1. The molecule has 22 heavy (non-hydrogen) atoms. The van der Waals surface area contributed by atoms with E-state index in [2.05, 4.69) is 20.9 Å². The van der Waals surface area contributed by atoms with Crippen LogP contribution in [0.25, 0.3) is 11.0 Å². The summed E-state index contributed by atoms with van der Waals surface area (Å²) in [6.07, 6.45) is 2.95. The van der Waals surface area contributed by atoms with Gasteiger partial charge in [0.05, 0.1) is 11.5 Å². The number of halogens is 1. The Morgan fingerprint density at radius 3 is 2.59 bits per heavy atom. The first-order valence-electron chi connectivity index (χ1n) is 6.52. The van der Waals surface area contributed by atoms with Crippen molar-refractivity contribution in [3.63, 3.8) is 0 Å². The standard InChI is InChI=1S/C15H13BrN2O3S/c1-10-2-4-13(5-3-10)22(20,21)18-8-11(9-19)14-6-12(16)7-17-15(14)18/h2-8,19H,9H2,1H3. The van der Waals surface area contributed by atoms with Crippen LogP contribution in [0.3, 0.4) is 0 Å². The number of rotatable bonds is 3. The highest BCUT2D eigenvalue weighted by atomic mass is 79.9. The predicted octanol–water partition coefficient (Wildman–Crippen LogP) is 2.84. The third kappa shape index (κ3) is 2.45. The highest BCUT2D eigenvalue weighted by Crippen LogP contribution is 2.27. The van der Waals surface area contributed by atoms with E-state index in [1.807, 2.05) is 6.92 Å². The van der Waals surface area contributed by atoms with Gasteiger partial charge in [-0.3, -0.25) is 0 Å². The van der Waals surface area contributed by atoms with Gasteiger partial charge in [0.15, 0.2) is 5.65 Å². The van der Waals surface area contributed by atoms with E-state index in [-0.39, 0.29) is 11.5 Å². The van der Waals surface area contributed by atoms with Gasteiger partial charge in [0.25, 0.3) is 10.0 Å². The second-order valence-electron chi connectivity index (χ2n) is 4.95. The van der Waals surface area contributed by atoms with Crippen molar-refractivity contribution in [3.05, 3.63) is 58.3 Å². The molecule has 3 aromatic rings. The van der Waals surface area contributed by atoms with Crippen LogP contribution >= 0.6 is 15.9 Å². The maximum absolute atomic E-state index is 12.8. The number of benzene rings is 1. The molecule has 5 nitrogen and oxygen atoms in total. The molecule has 0 atom stereocenters. The number of fused-ring (bicyclic) bond motifs is 1. The molecule has 0 saturated carbocycles. The first-order valence-corrected chi connectivity index (χ1v) is 8.75. The quantitative estimate of drug-likeness (QED) is 0.757. The van der Waals surface area contributed by atoms with Crippen LogP contribution in [0.2, 0.25) is 0 Å². The van der Waals surface area contributed by atoms with Crippen LogP contribution in [0.15, 0.2) is 52.1 Å². The molecule has 7 heteroatoms. The lowest BCUT2D eigenvalue weighted by Crippen LogP contribution is -2.12. The van der Waals surface area contributed by atoms with Crippen molar-refractivity contribution in [2.45, 2.75) is 18.4 Å². The number of nitrogens with zero attached hydrogens (tertiary/aromatic N) is 2. The molecule has 0 bridgehead atoms. The van der Waals surface area contributed by atoms with Crippen molar-refractivity contribution < 1.29 is 13.5 Å². The number of hydrogen-bond donors (Lipinski definition) is 1. The number of aromatic nitrogens is 2. The second kappa shape index (κ2) is 5.49. The zero-order valence-corrected chi connectivity index (χ0v) is 14.1. The molecule has 0 aliphatic rings. The smallest absolute Gasteiger partial charge is 0.269 e. The zero-order chi connectivity index (χ0) is 15.9. The number of pyridine rings is 1. The lowest BCUT2D eigenvalue weighted by atomic mass is 10.2. The van der Waals surface area contributed by atoms with Gasteiger partial charge in [0.1, 0.15) is 0 Å². The molecule has 0 aliphatic carbocycles. The molecule has 0 unspecified atom stereocenters. The Balaban J connectivity index is 2.27. The van der Waals surface area contributed by atoms with Crippen molar-refractivity contribution in [1.82, 2.24) is 8.96 Å². The van der Waals surface area contributed by atoms with Crippen LogP contribution in [-0.4, -0.2) is 22.5 Å². The molecule has 0 saturated heterocycles. The van der Waals surface area contributed by atoms with Crippen LogP contribution in [0.1, 0.15) is 11.1 Å². The van der Waals surface area contributed by atoms with Crippen LogP contribution in [0, 0.1) is 6.92 Å². The summed E-state index contributed by atoms with van der Waals surface area (Å²) in [5, 5.41) is 10.1. The van der Waals surface area contributed by atoms with E-state index in [9.17, 15) is 13.5 Å². The lowest BCUT2D eigenvalue weighted by Gasteiger charge is -2.07. The Morgan fingerprint density at radius 2 is 1.95 bits per heavy atom. The van der Waals surface area contributed by atoms with Crippen molar-refractivity contribution in [2.24, 2.45) is 0 Å². The lowest BCUT2D eigenvalue weighted by molar-refractivity contribution is 0.283. The Morgan fingerprint density at radius 1 is 1.27 bits per heavy atom. The van der Waals surface area contributed by atoms with Gasteiger partial charge < -0.3 is 5.11 Å². The number of aryl methyl sites for hydroxylation is 1. The monoisotopic (exact) mass is 380 g/mol. The Kier molecular flexibility index (Phi) is 3.80. The minimum atomic E-state index is -3.76. The average molecular weight is 381 g/mol. The average Bonchev–Trinajstić information content (AvgIpc) is 2.86. The fourth-order valence-electron chi connectivity index (χ4n) is 2.25. The molecule has 0 amide bonds. The molecule has 0 radical (unpaired) electrons. The van der Waals surface area contributed by atoms with Gasteiger partial charge in [-0.05, 0) is 41.1 Å². The summed E-state index contributed by atoms with van der Waals surface area (Å²) >= 11 is 3.31. The van der Waals surface area contributed by atoms with Gasteiger partial charge >= 0.3 is 0 Å². The highest BCUT2D eigenvalue weighted by molar-refractivity contribution is 9.10. The van der Waals surface area contributed by atoms with E-state index in [1.54, 1.807) is 30.3 Å². The summed E-state index contributed by atoms with van der Waals surface area (Å²) in [6, 6.07) is 8.36. The van der Waals surface area contributed by atoms with E-state index < -0.39 is 10.0 Å². The zero-order valence-electron chi connectivity index (χ0n) is 11.7. The molecule has 3 rings (SSSR count). The van der Waals surface area contributed by atoms with E-state index in [4.69, 9.17) is 0 Å². The van der Waals surface area contributed by atoms with Crippen molar-refractivity contribution in [1.29, 1.82) is 0 Å². The first kappa shape index (κ1) is 15.2. The number of aliphatic hydroxyl groups excluding tert-OH is 1. The maximum Gasteiger partial charge on any atom is 0.269 e. The van der Waals surface area contributed by atoms with Crippen LogP contribution < -0.4 is 0 Å². The topological polar surface area (TPSA) is 72.2 Å². The summed E-state index contributed by atoms with van der Waals surface area (Å²) in [7, 11) is -3.76. The molecule has 1 N–H and O–H groups in total. The molecular formula is C15H13BrN2O3S. The predicted molar refractivity (Wildman–Crippen MR) is 87.1 cm³/mol. The Bertz CT molecular complexity index is 947. The molecule has 0 spiro atoms. The summed E-state index contributed by atoms with van der Waals surface area (Å²) in [6.45, 7) is 1.63. The van der Waals surface area contributed by atoms with Gasteiger partial charge in [-0.1, -0.05) is 17.7 Å². The van der Waals surface area contributed by atoms with Crippen LogP contribution in [0.5, 0.6) is 0 Å². The van der Waals surface area contributed by atoms with Crippen LogP contribution in [0.4, 0.5) is 0 Å². The van der Waals surface area contributed by atoms with Crippen LogP contribution in [-0.2, 0) is 16.6 Å². The molecular weight excluding hydrogens is 368 g/mol. The maximum atomic E-state index is 12.8. The van der Waals surface area contributed by atoms with E-state index in [0.29, 0.717) is 16.6 Å². The minimum Gasteiger partial charge on any atom is -0.392 e. The minimum absolute atomic E-state index is 0.184. The number of aliphatic hydroxyl groups is 1. The van der Waals surface area contributed by atoms with Gasteiger partial charge in [-0.15, -0.1) is 0 Å². The normalized spacial score (nSPS) is 12.0. The first-order chi connectivity index (χ1) is 10.4. The Hall–Kier alpha value is -1.70. The molecule has 2 heterocycles. The fraction of sp³-hybridized carbons (Fsp3) is 0.133. The van der Waals surface area contributed by atoms with Gasteiger partial charge in [-0.2, -0.15) is 0 Å². The van der Waals surface area contributed by atoms with E-state index in [0.717, 1.165) is 14.0 Å². The van der Waals surface area contributed by atoms with Gasteiger partial charge in [0.2, 0.25) is 0 Å². The third-order valence-electron chi connectivity index (χ3n) is 3.41. The van der Waals surface area contributed by atoms with Crippen molar-refractivity contribution in [3.8, 4) is 0 Å². The summed E-state index contributed by atoms with van der Waals surface area (Å²) in [4.78, 5) is 4.37. The van der Waals surface area contributed by atoms with Crippen molar-refractivity contribution in [2.75, 3.05) is 0 Å². The van der Waals surface area contributed by atoms with Gasteiger partial charge in [-0.25, -0.2) is 17.4 Å². The highest BCUT2D eigenvalue weighted by Gasteiger charge is 2.22. The van der Waals surface area contributed by atoms with E-state index in [1.165, 1.54) is 12.4 Å². The molecule has 1 aromatic carbocycles. The summed E-state index contributed by atoms with van der Waals surface area (Å²) < 4.78 is 27.4. The number of hydrogen-bond acceptors (Lipinski definition) is 4. The molecule has 0 aliphatic heterocycles.